The average Bonchev–Trinajstić information content (AvgIpc) is 3.36. The summed E-state index contributed by atoms with van der Waals surface area (Å²) in [5.74, 6) is 1.25. The van der Waals surface area contributed by atoms with Crippen LogP contribution in [0.4, 0.5) is 0 Å². The molecule has 0 bridgehead atoms. The van der Waals surface area contributed by atoms with Crippen molar-refractivity contribution in [3.05, 3.63) is 96.2 Å². The summed E-state index contributed by atoms with van der Waals surface area (Å²) in [6, 6.07) is 24.7. The smallest absolute Gasteiger partial charge is 0.271 e. The third-order valence-electron chi connectivity index (χ3n) is 5.32. The van der Waals surface area contributed by atoms with E-state index >= 15 is 0 Å². The molecule has 1 N–H and O–H groups in total. The molecule has 0 unspecified atom stereocenters. The van der Waals surface area contributed by atoms with Crippen LogP contribution in [0.1, 0.15) is 42.6 Å². The van der Waals surface area contributed by atoms with Crippen molar-refractivity contribution in [1.29, 1.82) is 0 Å². The van der Waals surface area contributed by atoms with Crippen molar-refractivity contribution in [3.8, 4) is 28.4 Å². The highest BCUT2D eigenvalue weighted by Gasteiger charge is 2.12. The van der Waals surface area contributed by atoms with Crippen molar-refractivity contribution < 1.29 is 14.3 Å². The number of amides is 1. The van der Waals surface area contributed by atoms with Crippen molar-refractivity contribution in [2.24, 2.45) is 5.10 Å². The van der Waals surface area contributed by atoms with Crippen LogP contribution >= 0.6 is 0 Å². The Labute approximate surface area is 211 Å². The molecule has 0 aliphatic carbocycles. The molecule has 0 radical (unpaired) electrons. The maximum Gasteiger partial charge on any atom is 0.271 e. The molecule has 0 spiro atoms. The Bertz CT molecular complexity index is 1280. The molecule has 36 heavy (non-hydrogen) atoms. The van der Waals surface area contributed by atoms with Gasteiger partial charge < -0.3 is 9.47 Å². The summed E-state index contributed by atoms with van der Waals surface area (Å²) in [5, 5.41) is 9.00. The number of nitrogens with zero attached hydrogens (tertiary/aromatic N) is 3. The van der Waals surface area contributed by atoms with Crippen LogP contribution in [0.5, 0.6) is 11.5 Å². The van der Waals surface area contributed by atoms with Crippen LogP contribution in [-0.2, 0) is 0 Å². The highest BCUT2D eigenvalue weighted by molar-refractivity contribution is 5.95. The van der Waals surface area contributed by atoms with Gasteiger partial charge in [0.15, 0.2) is 0 Å². The van der Waals surface area contributed by atoms with E-state index in [9.17, 15) is 4.79 Å². The predicted octanol–water partition coefficient (Wildman–Crippen LogP) is 5.88. The van der Waals surface area contributed by atoms with Crippen LogP contribution < -0.4 is 14.9 Å². The molecule has 7 heteroatoms. The number of para-hydroxylation sites is 1. The Hall–Kier alpha value is -4.39. The van der Waals surface area contributed by atoms with Gasteiger partial charge in [0, 0.05) is 22.9 Å². The topological polar surface area (TPSA) is 77.7 Å². The van der Waals surface area contributed by atoms with Gasteiger partial charge in [0.1, 0.15) is 17.2 Å². The van der Waals surface area contributed by atoms with Gasteiger partial charge in [0.2, 0.25) is 0 Å². The Balaban J connectivity index is 1.53. The second kappa shape index (κ2) is 12.4. The van der Waals surface area contributed by atoms with Gasteiger partial charge in [-0.1, -0.05) is 32.0 Å². The molecule has 0 saturated heterocycles. The minimum Gasteiger partial charge on any atom is -0.494 e. The first-order valence-corrected chi connectivity index (χ1v) is 12.1. The van der Waals surface area contributed by atoms with Crippen LogP contribution in [0.2, 0.25) is 0 Å². The summed E-state index contributed by atoms with van der Waals surface area (Å²) in [6.07, 6.45) is 5.38. The predicted molar refractivity (Wildman–Crippen MR) is 142 cm³/mol. The van der Waals surface area contributed by atoms with Crippen molar-refractivity contribution in [2.75, 3.05) is 13.2 Å². The summed E-state index contributed by atoms with van der Waals surface area (Å²) >= 11 is 0. The van der Waals surface area contributed by atoms with E-state index in [1.165, 1.54) is 0 Å². The van der Waals surface area contributed by atoms with E-state index in [-0.39, 0.29) is 5.91 Å². The molecule has 4 aromatic rings. The number of aromatic nitrogens is 2. The van der Waals surface area contributed by atoms with Crippen molar-refractivity contribution in [2.45, 2.75) is 26.7 Å². The lowest BCUT2D eigenvalue weighted by molar-refractivity contribution is 0.0955. The van der Waals surface area contributed by atoms with Gasteiger partial charge in [0.25, 0.3) is 5.91 Å². The fourth-order valence-electron chi connectivity index (χ4n) is 3.50. The number of hydrogen-bond acceptors (Lipinski definition) is 5. The lowest BCUT2D eigenvalue weighted by Gasteiger charge is -2.06. The quantitative estimate of drug-likeness (QED) is 0.214. The summed E-state index contributed by atoms with van der Waals surface area (Å²) in [5.41, 5.74) is 6.46. The summed E-state index contributed by atoms with van der Waals surface area (Å²) in [6.45, 7) is 5.44. The highest BCUT2D eigenvalue weighted by atomic mass is 16.5. The third-order valence-corrected chi connectivity index (χ3v) is 5.32. The molecular formula is C29H30N4O3. The van der Waals surface area contributed by atoms with Gasteiger partial charge >= 0.3 is 0 Å². The number of hydrogen-bond donors (Lipinski definition) is 1. The third kappa shape index (κ3) is 6.39. The van der Waals surface area contributed by atoms with E-state index in [4.69, 9.17) is 14.6 Å². The van der Waals surface area contributed by atoms with E-state index in [1.807, 2.05) is 67.7 Å². The van der Waals surface area contributed by atoms with Gasteiger partial charge in [-0.2, -0.15) is 10.2 Å². The zero-order chi connectivity index (χ0) is 25.2. The minimum absolute atomic E-state index is 0.303. The van der Waals surface area contributed by atoms with Gasteiger partial charge in [-0.15, -0.1) is 0 Å². The Morgan fingerprint density at radius 3 is 2.11 bits per heavy atom. The average molecular weight is 483 g/mol. The molecule has 7 nitrogen and oxygen atoms in total. The number of benzene rings is 3. The first-order valence-electron chi connectivity index (χ1n) is 12.1. The zero-order valence-electron chi connectivity index (χ0n) is 20.6. The van der Waals surface area contributed by atoms with Crippen LogP contribution in [-0.4, -0.2) is 35.1 Å². The van der Waals surface area contributed by atoms with Gasteiger partial charge in [-0.3, -0.25) is 4.79 Å². The molecule has 3 aromatic carbocycles. The number of nitrogens with one attached hydrogen (secondary N) is 1. The van der Waals surface area contributed by atoms with Crippen LogP contribution in [0, 0.1) is 0 Å². The van der Waals surface area contributed by atoms with Crippen LogP contribution in [0.25, 0.3) is 16.9 Å². The largest absolute Gasteiger partial charge is 0.494 e. The standard InChI is InChI=1S/C29H30N4O3/c1-3-18-35-26-14-10-22(11-15-26)28-24(21-33(32-28)25-8-6-5-7-9-25)20-30-31-29(34)23-12-16-27(17-13-23)36-19-4-2/h5-17,20-21H,3-4,18-19H2,1-2H3,(H,31,34)/b30-20-. The molecular weight excluding hydrogens is 452 g/mol. The lowest BCUT2D eigenvalue weighted by Crippen LogP contribution is -2.17. The second-order valence-electron chi connectivity index (χ2n) is 8.16. The molecule has 1 heterocycles. The van der Waals surface area contributed by atoms with E-state index in [1.54, 1.807) is 35.2 Å². The minimum atomic E-state index is -0.303. The molecule has 1 aromatic heterocycles. The van der Waals surface area contributed by atoms with Crippen LogP contribution in [0.3, 0.4) is 0 Å². The fraction of sp³-hybridized carbons (Fsp3) is 0.207. The van der Waals surface area contributed by atoms with Crippen molar-refractivity contribution in [1.82, 2.24) is 15.2 Å². The molecule has 0 aliphatic rings. The van der Waals surface area contributed by atoms with Crippen LogP contribution in [0.15, 0.2) is 90.2 Å². The molecule has 0 aliphatic heterocycles. The maximum absolute atomic E-state index is 12.6. The number of ether oxygens (including phenoxy) is 2. The van der Waals surface area contributed by atoms with E-state index < -0.39 is 0 Å². The SMILES string of the molecule is CCCOc1ccc(C(=O)N/N=C\c2cn(-c3ccccc3)nc2-c2ccc(OCCC)cc2)cc1. The number of rotatable bonds is 11. The molecule has 0 atom stereocenters. The van der Waals surface area contributed by atoms with Gasteiger partial charge in [0.05, 0.1) is 25.1 Å². The normalized spacial score (nSPS) is 10.9. The van der Waals surface area contributed by atoms with Crippen molar-refractivity contribution >= 4 is 12.1 Å². The molecule has 184 valence electrons. The second-order valence-corrected chi connectivity index (χ2v) is 8.16. The summed E-state index contributed by atoms with van der Waals surface area (Å²) in [7, 11) is 0. The monoisotopic (exact) mass is 482 g/mol. The first-order chi connectivity index (χ1) is 17.7. The summed E-state index contributed by atoms with van der Waals surface area (Å²) < 4.78 is 13.1. The number of carbonyl (C=O) groups excluding carboxylic acids is 1. The zero-order valence-corrected chi connectivity index (χ0v) is 20.6. The molecule has 1 amide bonds. The molecule has 0 fully saturated rings. The summed E-state index contributed by atoms with van der Waals surface area (Å²) in [4.78, 5) is 12.6. The van der Waals surface area contributed by atoms with Gasteiger partial charge in [-0.25, -0.2) is 10.1 Å². The maximum atomic E-state index is 12.6. The van der Waals surface area contributed by atoms with E-state index in [0.717, 1.165) is 46.8 Å². The number of hydrazone groups is 1. The Morgan fingerprint density at radius 1 is 0.889 bits per heavy atom. The highest BCUT2D eigenvalue weighted by Crippen LogP contribution is 2.25. The molecule has 0 saturated carbocycles. The Kier molecular flexibility index (Phi) is 8.48. The van der Waals surface area contributed by atoms with E-state index in [0.29, 0.717) is 18.8 Å². The van der Waals surface area contributed by atoms with Gasteiger partial charge in [-0.05, 0) is 73.5 Å². The fourth-order valence-corrected chi connectivity index (χ4v) is 3.50. The van der Waals surface area contributed by atoms with E-state index in [2.05, 4.69) is 17.5 Å². The van der Waals surface area contributed by atoms with Crippen molar-refractivity contribution in [3.63, 3.8) is 0 Å². The number of carbonyl (C=O) groups is 1. The molecule has 4 rings (SSSR count). The Morgan fingerprint density at radius 2 is 1.50 bits per heavy atom. The lowest BCUT2D eigenvalue weighted by atomic mass is 10.1. The first kappa shape index (κ1) is 24.7.